The van der Waals surface area contributed by atoms with Crippen molar-refractivity contribution in [1.29, 1.82) is 0 Å². The van der Waals surface area contributed by atoms with Crippen LogP contribution in [-0.4, -0.2) is 21.7 Å². The minimum atomic E-state index is -0.918. The van der Waals surface area contributed by atoms with Crippen LogP contribution in [0, 0.1) is 10.1 Å². The molecule has 2 N–H and O–H groups in total. The summed E-state index contributed by atoms with van der Waals surface area (Å²) in [7, 11) is 0. The third kappa shape index (κ3) is 3.51. The standard InChI is InChI=1S/C16H13BrN4O5/c1-9(22)20(19-26-12-5-3-11(4-6-12)21(24)25)15-13-8-10(17)2-7-14(13)18-16(15)23/h2-8,15,19H,1H3,(H,18,23). The first-order valence-electron chi connectivity index (χ1n) is 7.44. The lowest BCUT2D eigenvalue weighted by Crippen LogP contribution is -2.48. The Kier molecular flexibility index (Phi) is 4.87. The number of halogens is 1. The van der Waals surface area contributed by atoms with Gasteiger partial charge in [-0.1, -0.05) is 21.5 Å². The maximum absolute atomic E-state index is 12.3. The van der Waals surface area contributed by atoms with Crippen LogP contribution >= 0.6 is 15.9 Å². The number of amides is 2. The molecular weight excluding hydrogens is 408 g/mol. The number of carbonyl (C=O) groups is 2. The molecule has 0 bridgehead atoms. The van der Waals surface area contributed by atoms with Crippen LogP contribution in [-0.2, 0) is 9.59 Å². The predicted octanol–water partition coefficient (Wildman–Crippen LogP) is 2.70. The Morgan fingerprint density at radius 2 is 2.00 bits per heavy atom. The molecule has 2 amide bonds. The van der Waals surface area contributed by atoms with Crippen molar-refractivity contribution in [2.45, 2.75) is 13.0 Å². The minimum absolute atomic E-state index is 0.0882. The summed E-state index contributed by atoms with van der Waals surface area (Å²) in [6, 6.07) is 9.62. The van der Waals surface area contributed by atoms with Crippen molar-refractivity contribution in [3.63, 3.8) is 0 Å². The van der Waals surface area contributed by atoms with E-state index in [1.807, 2.05) is 0 Å². The van der Waals surface area contributed by atoms with E-state index in [1.165, 1.54) is 31.2 Å². The zero-order valence-corrected chi connectivity index (χ0v) is 15.0. The van der Waals surface area contributed by atoms with E-state index in [-0.39, 0.29) is 17.3 Å². The molecule has 0 saturated carbocycles. The fraction of sp³-hybridized carbons (Fsp3) is 0.125. The maximum Gasteiger partial charge on any atom is 0.269 e. The lowest BCUT2D eigenvalue weighted by molar-refractivity contribution is -0.384. The van der Waals surface area contributed by atoms with Crippen molar-refractivity contribution in [2.75, 3.05) is 5.32 Å². The largest absolute Gasteiger partial charge is 0.389 e. The molecule has 0 spiro atoms. The topological polar surface area (TPSA) is 114 Å². The first kappa shape index (κ1) is 17.8. The SMILES string of the molecule is CC(=O)N(NOc1ccc([N+](=O)[O-])cc1)C1C(=O)Nc2ccc(Br)cc21. The number of non-ortho nitro benzene ring substituents is 1. The quantitative estimate of drug-likeness (QED) is 0.567. The van der Waals surface area contributed by atoms with Crippen LogP contribution in [0.4, 0.5) is 11.4 Å². The molecule has 3 rings (SSSR count). The van der Waals surface area contributed by atoms with Gasteiger partial charge in [0.1, 0.15) is 5.75 Å². The van der Waals surface area contributed by atoms with Gasteiger partial charge in [-0.15, -0.1) is 0 Å². The fourth-order valence-electron chi connectivity index (χ4n) is 2.51. The van der Waals surface area contributed by atoms with Gasteiger partial charge in [0.15, 0.2) is 6.04 Å². The molecule has 0 aromatic heterocycles. The van der Waals surface area contributed by atoms with Gasteiger partial charge in [0, 0.05) is 34.8 Å². The summed E-state index contributed by atoms with van der Waals surface area (Å²) in [6.45, 7) is 1.29. The lowest BCUT2D eigenvalue weighted by atomic mass is 10.1. The highest BCUT2D eigenvalue weighted by atomic mass is 79.9. The van der Waals surface area contributed by atoms with Crippen LogP contribution in [0.1, 0.15) is 18.5 Å². The maximum atomic E-state index is 12.3. The van der Waals surface area contributed by atoms with Crippen LogP contribution in [0.15, 0.2) is 46.9 Å². The number of nitrogens with zero attached hydrogens (tertiary/aromatic N) is 2. The summed E-state index contributed by atoms with van der Waals surface area (Å²) in [5.41, 5.74) is 3.58. The fourth-order valence-corrected chi connectivity index (χ4v) is 2.89. The molecule has 0 saturated heterocycles. The zero-order valence-electron chi connectivity index (χ0n) is 13.4. The number of carbonyl (C=O) groups excluding carboxylic acids is 2. The summed E-state index contributed by atoms with van der Waals surface area (Å²) < 4.78 is 0.762. The van der Waals surface area contributed by atoms with Gasteiger partial charge in [0.25, 0.3) is 11.6 Å². The van der Waals surface area contributed by atoms with Gasteiger partial charge in [-0.25, -0.2) is 5.01 Å². The van der Waals surface area contributed by atoms with E-state index in [4.69, 9.17) is 4.84 Å². The molecule has 0 aliphatic carbocycles. The second-order valence-corrected chi connectivity index (χ2v) is 6.37. The summed E-state index contributed by atoms with van der Waals surface area (Å²) in [5.74, 6) is -0.581. The normalized spacial score (nSPS) is 15.2. The van der Waals surface area contributed by atoms with Crippen LogP contribution in [0.2, 0.25) is 0 Å². The molecule has 0 fully saturated rings. The third-order valence-corrected chi connectivity index (χ3v) is 4.21. The van der Waals surface area contributed by atoms with E-state index >= 15 is 0 Å². The molecule has 0 radical (unpaired) electrons. The Balaban J connectivity index is 1.80. The van der Waals surface area contributed by atoms with Crippen molar-refractivity contribution in [2.24, 2.45) is 0 Å². The first-order valence-corrected chi connectivity index (χ1v) is 8.23. The molecule has 1 unspecified atom stereocenters. The third-order valence-electron chi connectivity index (χ3n) is 3.72. The summed E-state index contributed by atoms with van der Waals surface area (Å²) in [5, 5.41) is 14.4. The van der Waals surface area contributed by atoms with Crippen LogP contribution < -0.4 is 15.7 Å². The number of hydrogen-bond acceptors (Lipinski definition) is 6. The summed E-state index contributed by atoms with van der Waals surface area (Å²) in [4.78, 5) is 39.8. The number of nitro benzene ring substituents is 1. The van der Waals surface area contributed by atoms with Crippen molar-refractivity contribution >= 4 is 39.1 Å². The zero-order chi connectivity index (χ0) is 18.8. The molecule has 134 valence electrons. The molecule has 1 aliphatic heterocycles. The Morgan fingerprint density at radius 1 is 1.31 bits per heavy atom. The Hall–Kier alpha value is -2.98. The number of nitro groups is 1. The predicted molar refractivity (Wildman–Crippen MR) is 94.9 cm³/mol. The van der Waals surface area contributed by atoms with E-state index in [1.54, 1.807) is 18.2 Å². The van der Waals surface area contributed by atoms with E-state index in [0.29, 0.717) is 11.3 Å². The number of nitrogens with one attached hydrogen (secondary N) is 2. The number of hydrogen-bond donors (Lipinski definition) is 2. The molecule has 2 aromatic carbocycles. The Labute approximate surface area is 156 Å². The highest BCUT2D eigenvalue weighted by molar-refractivity contribution is 9.10. The number of benzene rings is 2. The van der Waals surface area contributed by atoms with Gasteiger partial charge in [0.05, 0.1) is 4.92 Å². The van der Waals surface area contributed by atoms with E-state index in [9.17, 15) is 19.7 Å². The molecule has 2 aromatic rings. The molecule has 1 heterocycles. The highest BCUT2D eigenvalue weighted by Gasteiger charge is 2.37. The van der Waals surface area contributed by atoms with Gasteiger partial charge < -0.3 is 10.2 Å². The van der Waals surface area contributed by atoms with E-state index < -0.39 is 16.9 Å². The van der Waals surface area contributed by atoms with E-state index in [0.717, 1.165) is 9.48 Å². The molecule has 9 nitrogen and oxygen atoms in total. The van der Waals surface area contributed by atoms with Crippen molar-refractivity contribution < 1.29 is 19.3 Å². The van der Waals surface area contributed by atoms with Crippen LogP contribution in [0.5, 0.6) is 5.75 Å². The Morgan fingerprint density at radius 3 is 2.62 bits per heavy atom. The lowest BCUT2D eigenvalue weighted by Gasteiger charge is -2.26. The molecule has 10 heteroatoms. The smallest absolute Gasteiger partial charge is 0.269 e. The van der Waals surface area contributed by atoms with Gasteiger partial charge in [-0.05, 0) is 30.3 Å². The average molecular weight is 421 g/mol. The second-order valence-electron chi connectivity index (χ2n) is 5.46. The van der Waals surface area contributed by atoms with Crippen LogP contribution in [0.3, 0.4) is 0 Å². The number of fused-ring (bicyclic) bond motifs is 1. The van der Waals surface area contributed by atoms with Crippen molar-refractivity contribution in [3.05, 3.63) is 62.6 Å². The summed E-state index contributed by atoms with van der Waals surface area (Å²) in [6.07, 6.45) is 0. The van der Waals surface area contributed by atoms with Gasteiger partial charge in [-0.3, -0.25) is 19.7 Å². The molecule has 1 atom stereocenters. The minimum Gasteiger partial charge on any atom is -0.389 e. The average Bonchev–Trinajstić information content (AvgIpc) is 2.91. The molecular formula is C16H13BrN4O5. The Bertz CT molecular complexity index is 887. The number of hydrazine groups is 1. The first-order chi connectivity index (χ1) is 12.4. The van der Waals surface area contributed by atoms with Gasteiger partial charge in [0.2, 0.25) is 5.91 Å². The summed E-state index contributed by atoms with van der Waals surface area (Å²) >= 11 is 3.34. The number of anilines is 1. The van der Waals surface area contributed by atoms with Crippen molar-refractivity contribution in [1.82, 2.24) is 10.6 Å². The molecule has 26 heavy (non-hydrogen) atoms. The second kappa shape index (κ2) is 7.10. The van der Waals surface area contributed by atoms with E-state index in [2.05, 4.69) is 26.8 Å². The highest BCUT2D eigenvalue weighted by Crippen LogP contribution is 2.36. The van der Waals surface area contributed by atoms with Gasteiger partial charge >= 0.3 is 0 Å². The monoisotopic (exact) mass is 420 g/mol. The number of rotatable bonds is 5. The molecule has 1 aliphatic rings. The van der Waals surface area contributed by atoms with Gasteiger partial charge in [-0.2, -0.15) is 0 Å². The van der Waals surface area contributed by atoms with Crippen molar-refractivity contribution in [3.8, 4) is 5.75 Å². The van der Waals surface area contributed by atoms with Crippen LogP contribution in [0.25, 0.3) is 0 Å².